The first-order chi connectivity index (χ1) is 16.6. The van der Waals surface area contributed by atoms with Gasteiger partial charge in [-0.25, -0.2) is 4.98 Å². The third-order valence-corrected chi connectivity index (χ3v) is 8.88. The van der Waals surface area contributed by atoms with E-state index in [9.17, 15) is 0 Å². The van der Waals surface area contributed by atoms with Crippen LogP contribution in [0.15, 0.2) is 48.7 Å². The minimum absolute atomic E-state index is 0.0781. The SMILES string of the molecule is CN(C1CCCCC1)C(c1cnc(NC2(c3ccc4c(c3)OCO4)CC2)s1)c1ccccc1Cl. The molecule has 0 radical (unpaired) electrons. The van der Waals surface area contributed by atoms with Crippen molar-refractivity contribution in [3.8, 4) is 11.5 Å². The van der Waals surface area contributed by atoms with E-state index in [4.69, 9.17) is 26.1 Å². The number of ether oxygens (including phenoxy) is 2. The maximum Gasteiger partial charge on any atom is 0.231 e. The molecule has 2 fully saturated rings. The smallest absolute Gasteiger partial charge is 0.231 e. The molecule has 1 aliphatic heterocycles. The third kappa shape index (κ3) is 4.16. The standard InChI is InChI=1S/C27H30ClN3O2S/c1-31(19-7-3-2-4-8-19)25(20-9-5-6-10-21(20)28)24-16-29-26(34-24)30-27(13-14-27)18-11-12-22-23(15-18)33-17-32-22/h5-6,9-12,15-16,19,25H,2-4,7-8,13-14,17H2,1H3,(H,29,30). The molecule has 1 aromatic heterocycles. The molecule has 34 heavy (non-hydrogen) atoms. The molecule has 2 aromatic carbocycles. The van der Waals surface area contributed by atoms with E-state index in [1.54, 1.807) is 11.3 Å². The highest BCUT2D eigenvalue weighted by Crippen LogP contribution is 2.51. The number of anilines is 1. The number of fused-ring (bicyclic) bond motifs is 1. The van der Waals surface area contributed by atoms with Gasteiger partial charge in [0.1, 0.15) is 0 Å². The van der Waals surface area contributed by atoms with E-state index >= 15 is 0 Å². The van der Waals surface area contributed by atoms with Crippen molar-refractivity contribution in [2.45, 2.75) is 62.6 Å². The van der Waals surface area contributed by atoms with Crippen LogP contribution in [0.5, 0.6) is 11.5 Å². The summed E-state index contributed by atoms with van der Waals surface area (Å²) >= 11 is 8.47. The molecule has 1 atom stereocenters. The quantitative estimate of drug-likeness (QED) is 0.383. The first-order valence-electron chi connectivity index (χ1n) is 12.2. The molecule has 3 aromatic rings. The van der Waals surface area contributed by atoms with Crippen molar-refractivity contribution in [3.05, 3.63) is 69.7 Å². The molecule has 178 valence electrons. The minimum atomic E-state index is -0.0781. The summed E-state index contributed by atoms with van der Waals surface area (Å²) in [4.78, 5) is 8.58. The Hall–Kier alpha value is -2.28. The van der Waals surface area contributed by atoms with Crippen LogP contribution < -0.4 is 14.8 Å². The molecule has 0 amide bonds. The van der Waals surface area contributed by atoms with Gasteiger partial charge in [-0.1, -0.05) is 55.1 Å². The number of thiazole rings is 1. The average Bonchev–Trinajstić information content (AvgIpc) is 3.26. The normalized spacial score (nSPS) is 19.9. The number of nitrogens with zero attached hydrogens (tertiary/aromatic N) is 2. The molecule has 1 N–H and O–H groups in total. The highest BCUT2D eigenvalue weighted by atomic mass is 35.5. The Morgan fingerprint density at radius 1 is 1.09 bits per heavy atom. The largest absolute Gasteiger partial charge is 0.454 e. The lowest BCUT2D eigenvalue weighted by atomic mass is 9.92. The molecular formula is C27H30ClN3O2S. The highest BCUT2D eigenvalue weighted by molar-refractivity contribution is 7.15. The number of nitrogens with one attached hydrogen (secondary N) is 1. The summed E-state index contributed by atoms with van der Waals surface area (Å²) in [5.74, 6) is 1.66. The van der Waals surface area contributed by atoms with E-state index in [1.807, 2.05) is 24.4 Å². The Balaban J connectivity index is 1.28. The van der Waals surface area contributed by atoms with E-state index in [0.29, 0.717) is 12.8 Å². The number of hydrogen-bond donors (Lipinski definition) is 1. The van der Waals surface area contributed by atoms with Crippen molar-refractivity contribution in [3.63, 3.8) is 0 Å². The van der Waals surface area contributed by atoms with Crippen LogP contribution in [-0.4, -0.2) is 29.8 Å². The van der Waals surface area contributed by atoms with Crippen LogP contribution in [0.3, 0.4) is 0 Å². The van der Waals surface area contributed by atoms with Gasteiger partial charge < -0.3 is 14.8 Å². The predicted molar refractivity (Wildman–Crippen MR) is 137 cm³/mol. The van der Waals surface area contributed by atoms with E-state index < -0.39 is 0 Å². The van der Waals surface area contributed by atoms with Gasteiger partial charge in [-0.2, -0.15) is 0 Å². The van der Waals surface area contributed by atoms with Gasteiger partial charge in [-0.15, -0.1) is 11.3 Å². The topological polar surface area (TPSA) is 46.6 Å². The average molecular weight is 496 g/mol. The zero-order valence-electron chi connectivity index (χ0n) is 19.4. The molecule has 6 rings (SSSR count). The van der Waals surface area contributed by atoms with Gasteiger partial charge in [0.2, 0.25) is 6.79 Å². The molecule has 2 saturated carbocycles. The van der Waals surface area contributed by atoms with Crippen LogP contribution in [-0.2, 0) is 5.54 Å². The van der Waals surface area contributed by atoms with Crippen LogP contribution in [0, 0.1) is 0 Å². The second-order valence-corrected chi connectivity index (χ2v) is 11.2. The maximum atomic E-state index is 6.72. The first-order valence-corrected chi connectivity index (χ1v) is 13.4. The van der Waals surface area contributed by atoms with Gasteiger partial charge in [0.15, 0.2) is 16.6 Å². The Kier molecular flexibility index (Phi) is 5.92. The molecule has 1 unspecified atom stereocenters. The summed E-state index contributed by atoms with van der Waals surface area (Å²) in [5, 5.41) is 5.53. The molecule has 0 saturated heterocycles. The lowest BCUT2D eigenvalue weighted by Gasteiger charge is -2.37. The van der Waals surface area contributed by atoms with Crippen LogP contribution in [0.1, 0.15) is 67.0 Å². The van der Waals surface area contributed by atoms with Crippen molar-refractivity contribution in [1.29, 1.82) is 0 Å². The van der Waals surface area contributed by atoms with Crippen LogP contribution >= 0.6 is 22.9 Å². The fourth-order valence-electron chi connectivity index (χ4n) is 5.45. The summed E-state index contributed by atoms with van der Waals surface area (Å²) in [6.45, 7) is 0.299. The summed E-state index contributed by atoms with van der Waals surface area (Å²) in [5.41, 5.74) is 2.31. The van der Waals surface area contributed by atoms with Gasteiger partial charge in [-0.3, -0.25) is 4.90 Å². The Morgan fingerprint density at radius 2 is 1.88 bits per heavy atom. The van der Waals surface area contributed by atoms with Crippen molar-refractivity contribution in [1.82, 2.24) is 9.88 Å². The Morgan fingerprint density at radius 3 is 2.68 bits per heavy atom. The lowest BCUT2D eigenvalue weighted by Crippen LogP contribution is -2.37. The van der Waals surface area contributed by atoms with Crippen LogP contribution in [0.4, 0.5) is 5.13 Å². The number of halogens is 1. The second kappa shape index (κ2) is 9.06. The third-order valence-electron chi connectivity index (χ3n) is 7.57. The molecule has 3 aliphatic rings. The number of rotatable bonds is 7. The first kappa shape index (κ1) is 22.2. The van der Waals surface area contributed by atoms with Crippen LogP contribution in [0.2, 0.25) is 5.02 Å². The Labute approximate surface area is 210 Å². The number of hydrogen-bond acceptors (Lipinski definition) is 6. The minimum Gasteiger partial charge on any atom is -0.454 e. The Bertz CT molecular complexity index is 1170. The van der Waals surface area contributed by atoms with Crippen molar-refractivity contribution in [2.24, 2.45) is 0 Å². The fraction of sp³-hybridized carbons (Fsp3) is 0.444. The van der Waals surface area contributed by atoms with E-state index in [0.717, 1.165) is 40.1 Å². The summed E-state index contributed by atoms with van der Waals surface area (Å²) < 4.78 is 11.1. The molecular weight excluding hydrogens is 466 g/mol. The van der Waals surface area contributed by atoms with E-state index in [2.05, 4.69) is 41.5 Å². The molecule has 7 heteroatoms. The predicted octanol–water partition coefficient (Wildman–Crippen LogP) is 6.98. The van der Waals surface area contributed by atoms with Crippen molar-refractivity contribution >= 4 is 28.1 Å². The van der Waals surface area contributed by atoms with E-state index in [-0.39, 0.29) is 11.6 Å². The van der Waals surface area contributed by atoms with E-state index in [1.165, 1.54) is 42.5 Å². The fourth-order valence-corrected chi connectivity index (χ4v) is 6.77. The summed E-state index contributed by atoms with van der Waals surface area (Å²) in [6.07, 6.45) is 10.6. The molecule has 2 heterocycles. The van der Waals surface area contributed by atoms with Gasteiger partial charge >= 0.3 is 0 Å². The van der Waals surface area contributed by atoms with Gasteiger partial charge in [0.05, 0.1) is 11.6 Å². The molecule has 2 aliphatic carbocycles. The van der Waals surface area contributed by atoms with Gasteiger partial charge in [-0.05, 0) is 62.1 Å². The number of benzene rings is 2. The zero-order valence-corrected chi connectivity index (χ0v) is 21.0. The van der Waals surface area contributed by atoms with Gasteiger partial charge in [0, 0.05) is 22.1 Å². The van der Waals surface area contributed by atoms with Crippen molar-refractivity contribution < 1.29 is 9.47 Å². The molecule has 0 spiro atoms. The van der Waals surface area contributed by atoms with Crippen molar-refractivity contribution in [2.75, 3.05) is 19.2 Å². The lowest BCUT2D eigenvalue weighted by molar-refractivity contribution is 0.159. The monoisotopic (exact) mass is 495 g/mol. The maximum absolute atomic E-state index is 6.72. The van der Waals surface area contributed by atoms with Gasteiger partial charge in [0.25, 0.3) is 0 Å². The number of aromatic nitrogens is 1. The summed E-state index contributed by atoms with van der Waals surface area (Å²) in [7, 11) is 2.26. The molecule has 0 bridgehead atoms. The highest BCUT2D eigenvalue weighted by Gasteiger charge is 2.46. The molecule has 5 nitrogen and oxygen atoms in total. The second-order valence-electron chi connectivity index (χ2n) is 9.72. The van der Waals surface area contributed by atoms with Crippen LogP contribution in [0.25, 0.3) is 0 Å². The summed E-state index contributed by atoms with van der Waals surface area (Å²) in [6, 6.07) is 15.2. The zero-order chi connectivity index (χ0) is 23.1.